The van der Waals surface area contributed by atoms with Crippen LogP contribution in [-0.2, 0) is 6.61 Å². The molecule has 5 nitrogen and oxygen atoms in total. The lowest BCUT2D eigenvalue weighted by molar-refractivity contribution is 0.282. The summed E-state index contributed by atoms with van der Waals surface area (Å²) in [6.07, 6.45) is 5.49. The van der Waals surface area contributed by atoms with Crippen molar-refractivity contribution in [1.82, 2.24) is 19.4 Å². The number of aliphatic hydroxyl groups excluding tert-OH is 1. The van der Waals surface area contributed by atoms with E-state index in [1.807, 2.05) is 35.1 Å². The molecule has 0 saturated carbocycles. The maximum absolute atomic E-state index is 13.4. The molecule has 0 bridgehead atoms. The van der Waals surface area contributed by atoms with Gasteiger partial charge in [0.15, 0.2) is 5.16 Å². The number of hydrogen-bond donors (Lipinski definition) is 1. The van der Waals surface area contributed by atoms with E-state index >= 15 is 0 Å². The predicted molar refractivity (Wildman–Crippen MR) is 99.3 cm³/mol. The Labute approximate surface area is 153 Å². The molecular formula is C19H15FN4OS. The zero-order chi connectivity index (χ0) is 18.1. The van der Waals surface area contributed by atoms with Gasteiger partial charge in [-0.15, -0.1) is 0 Å². The predicted octanol–water partition coefficient (Wildman–Crippen LogP) is 3.81. The van der Waals surface area contributed by atoms with Crippen molar-refractivity contribution in [3.63, 3.8) is 0 Å². The summed E-state index contributed by atoms with van der Waals surface area (Å²) >= 11 is 1.46. The maximum atomic E-state index is 13.4. The lowest BCUT2D eigenvalue weighted by Gasteiger charge is -2.06. The van der Waals surface area contributed by atoms with Gasteiger partial charge in [0.25, 0.3) is 0 Å². The van der Waals surface area contributed by atoms with Crippen LogP contribution in [0.3, 0.4) is 0 Å². The van der Waals surface area contributed by atoms with Gasteiger partial charge in [0.1, 0.15) is 11.5 Å². The Kier molecular flexibility index (Phi) is 4.40. The number of pyridine rings is 1. The number of thioether (sulfide) groups is 1. The first-order chi connectivity index (χ1) is 12.7. The normalized spacial score (nSPS) is 11.2. The zero-order valence-corrected chi connectivity index (χ0v) is 14.7. The highest BCUT2D eigenvalue weighted by Crippen LogP contribution is 2.32. The van der Waals surface area contributed by atoms with Crippen LogP contribution in [0.15, 0.2) is 60.0 Å². The Morgan fingerprint density at radius 3 is 2.65 bits per heavy atom. The molecule has 7 heteroatoms. The summed E-state index contributed by atoms with van der Waals surface area (Å²) in [5.41, 5.74) is 4.48. The standard InChI is InChI=1S/C19H15FN4OS/c1-26-19-21-8-6-15(22-19)18-17(13-2-4-14(20)5-3-13)23-16-10-12(11-25)7-9-24(16)18/h2-10,25H,11H2,1H3. The van der Waals surface area contributed by atoms with Crippen LogP contribution in [-0.4, -0.2) is 30.7 Å². The second-order valence-electron chi connectivity index (χ2n) is 5.67. The third kappa shape index (κ3) is 2.95. The first kappa shape index (κ1) is 16.7. The SMILES string of the molecule is CSc1nccc(-c2c(-c3ccc(F)cc3)nc3cc(CO)ccn23)n1. The van der Waals surface area contributed by atoms with Gasteiger partial charge in [-0.05, 0) is 54.3 Å². The van der Waals surface area contributed by atoms with Gasteiger partial charge in [-0.2, -0.15) is 0 Å². The first-order valence-electron chi connectivity index (χ1n) is 7.95. The van der Waals surface area contributed by atoms with Gasteiger partial charge >= 0.3 is 0 Å². The minimum atomic E-state index is -0.298. The van der Waals surface area contributed by atoms with Crippen LogP contribution in [0.1, 0.15) is 5.56 Å². The molecule has 0 aliphatic carbocycles. The van der Waals surface area contributed by atoms with Gasteiger partial charge in [-0.1, -0.05) is 11.8 Å². The Bertz CT molecular complexity index is 1080. The largest absolute Gasteiger partial charge is 0.392 e. The van der Waals surface area contributed by atoms with E-state index in [2.05, 4.69) is 9.97 Å². The molecule has 1 aromatic carbocycles. The number of aliphatic hydroxyl groups is 1. The van der Waals surface area contributed by atoms with Crippen molar-refractivity contribution >= 4 is 17.4 Å². The number of halogens is 1. The number of rotatable bonds is 4. The van der Waals surface area contributed by atoms with Crippen molar-refractivity contribution in [2.75, 3.05) is 6.26 Å². The van der Waals surface area contributed by atoms with Gasteiger partial charge in [0.2, 0.25) is 0 Å². The van der Waals surface area contributed by atoms with Crippen LogP contribution in [0.2, 0.25) is 0 Å². The van der Waals surface area contributed by atoms with Crippen LogP contribution >= 0.6 is 11.8 Å². The maximum Gasteiger partial charge on any atom is 0.187 e. The molecule has 0 aliphatic heterocycles. The molecule has 0 atom stereocenters. The topological polar surface area (TPSA) is 63.3 Å². The highest BCUT2D eigenvalue weighted by Gasteiger charge is 2.18. The van der Waals surface area contributed by atoms with Gasteiger partial charge in [0, 0.05) is 18.0 Å². The van der Waals surface area contributed by atoms with Crippen molar-refractivity contribution in [3.8, 4) is 22.6 Å². The number of hydrogen-bond acceptors (Lipinski definition) is 5. The van der Waals surface area contributed by atoms with E-state index < -0.39 is 0 Å². The summed E-state index contributed by atoms with van der Waals surface area (Å²) in [4.78, 5) is 13.5. The van der Waals surface area contributed by atoms with Crippen LogP contribution in [0.4, 0.5) is 4.39 Å². The number of nitrogens with zero attached hydrogens (tertiary/aromatic N) is 4. The zero-order valence-electron chi connectivity index (χ0n) is 13.9. The highest BCUT2D eigenvalue weighted by atomic mass is 32.2. The van der Waals surface area contributed by atoms with E-state index in [1.165, 1.54) is 23.9 Å². The van der Waals surface area contributed by atoms with E-state index in [9.17, 15) is 9.50 Å². The fourth-order valence-electron chi connectivity index (χ4n) is 2.81. The number of benzene rings is 1. The fraction of sp³-hybridized carbons (Fsp3) is 0.105. The van der Waals surface area contributed by atoms with E-state index in [0.29, 0.717) is 16.5 Å². The minimum Gasteiger partial charge on any atom is -0.392 e. The third-order valence-electron chi connectivity index (χ3n) is 4.05. The van der Waals surface area contributed by atoms with Crippen LogP contribution < -0.4 is 0 Å². The van der Waals surface area contributed by atoms with Crippen LogP contribution in [0.5, 0.6) is 0 Å². The lowest BCUT2D eigenvalue weighted by Crippen LogP contribution is -1.95. The summed E-state index contributed by atoms with van der Waals surface area (Å²) in [6, 6.07) is 11.7. The van der Waals surface area contributed by atoms with E-state index in [0.717, 1.165) is 22.5 Å². The minimum absolute atomic E-state index is 0.0608. The molecule has 0 radical (unpaired) electrons. The molecule has 3 heterocycles. The summed E-state index contributed by atoms with van der Waals surface area (Å²) in [5.74, 6) is -0.298. The monoisotopic (exact) mass is 366 g/mol. The molecule has 3 aromatic heterocycles. The highest BCUT2D eigenvalue weighted by molar-refractivity contribution is 7.98. The second kappa shape index (κ2) is 6.86. The molecule has 0 aliphatic rings. The van der Waals surface area contributed by atoms with Crippen molar-refractivity contribution in [2.24, 2.45) is 0 Å². The molecule has 0 saturated heterocycles. The van der Waals surface area contributed by atoms with Crippen LogP contribution in [0.25, 0.3) is 28.3 Å². The molecule has 4 aromatic rings. The Morgan fingerprint density at radius 1 is 1.12 bits per heavy atom. The van der Waals surface area contributed by atoms with Crippen molar-refractivity contribution in [3.05, 3.63) is 66.2 Å². The fourth-order valence-corrected chi connectivity index (χ4v) is 3.17. The number of fused-ring (bicyclic) bond motifs is 1. The molecule has 4 rings (SSSR count). The molecule has 0 unspecified atom stereocenters. The van der Waals surface area contributed by atoms with Gasteiger partial charge in [0.05, 0.1) is 23.7 Å². The van der Waals surface area contributed by atoms with E-state index in [1.54, 1.807) is 18.3 Å². The quantitative estimate of drug-likeness (QED) is 0.439. The third-order valence-corrected chi connectivity index (χ3v) is 4.61. The van der Waals surface area contributed by atoms with E-state index in [4.69, 9.17) is 4.98 Å². The van der Waals surface area contributed by atoms with Crippen molar-refractivity contribution in [2.45, 2.75) is 11.8 Å². The Morgan fingerprint density at radius 2 is 1.92 bits per heavy atom. The van der Waals surface area contributed by atoms with Gasteiger partial charge < -0.3 is 5.11 Å². The van der Waals surface area contributed by atoms with Crippen molar-refractivity contribution < 1.29 is 9.50 Å². The number of aromatic nitrogens is 4. The molecule has 130 valence electrons. The lowest BCUT2D eigenvalue weighted by atomic mass is 10.1. The summed E-state index contributed by atoms with van der Waals surface area (Å²) in [6.45, 7) is -0.0608. The molecule has 0 spiro atoms. The second-order valence-corrected chi connectivity index (χ2v) is 6.44. The smallest absolute Gasteiger partial charge is 0.187 e. The summed E-state index contributed by atoms with van der Waals surface area (Å²) in [5, 5.41) is 10.1. The molecule has 1 N–H and O–H groups in total. The Balaban J connectivity index is 2.01. The average Bonchev–Trinajstić information content (AvgIpc) is 3.07. The molecule has 0 amide bonds. The Hall–Kier alpha value is -2.77. The molecule has 0 fully saturated rings. The average molecular weight is 366 g/mol. The molecule has 26 heavy (non-hydrogen) atoms. The van der Waals surface area contributed by atoms with Crippen LogP contribution in [0, 0.1) is 5.82 Å². The molecular weight excluding hydrogens is 351 g/mol. The van der Waals surface area contributed by atoms with E-state index in [-0.39, 0.29) is 12.4 Å². The van der Waals surface area contributed by atoms with Gasteiger partial charge in [-0.25, -0.2) is 19.3 Å². The summed E-state index contributed by atoms with van der Waals surface area (Å²) in [7, 11) is 0. The van der Waals surface area contributed by atoms with Gasteiger partial charge in [-0.3, -0.25) is 4.40 Å². The summed E-state index contributed by atoms with van der Waals surface area (Å²) < 4.78 is 15.3. The first-order valence-corrected chi connectivity index (χ1v) is 9.17. The number of imidazole rings is 1. The van der Waals surface area contributed by atoms with Crippen molar-refractivity contribution in [1.29, 1.82) is 0 Å².